The average molecular weight is 395 g/mol. The molecule has 4 unspecified atom stereocenters. The summed E-state index contributed by atoms with van der Waals surface area (Å²) in [5.74, 6) is 3.85. The zero-order valence-electron chi connectivity index (χ0n) is 17.6. The van der Waals surface area contributed by atoms with Crippen molar-refractivity contribution in [2.24, 2.45) is 11.8 Å². The van der Waals surface area contributed by atoms with E-state index in [1.165, 1.54) is 63.7 Å². The lowest BCUT2D eigenvalue weighted by Crippen LogP contribution is -2.55. The molecule has 5 nitrogen and oxygen atoms in total. The molecule has 4 fully saturated rings. The molecule has 0 radical (unpaired) electrons. The van der Waals surface area contributed by atoms with Gasteiger partial charge in [0.1, 0.15) is 11.5 Å². The molecule has 4 atom stereocenters. The van der Waals surface area contributed by atoms with E-state index >= 15 is 0 Å². The van der Waals surface area contributed by atoms with Crippen LogP contribution in [0.2, 0.25) is 0 Å². The molecule has 6 rings (SSSR count). The molecule has 3 aliphatic heterocycles. The Morgan fingerprint density at radius 3 is 2.79 bits per heavy atom. The van der Waals surface area contributed by atoms with Crippen LogP contribution in [0.3, 0.4) is 0 Å². The SMILES string of the molecule is Cc1nc(-c2ccco2)cc(C2CN3CCC2CC3CNCC2CCCCC2)n1. The molecule has 4 aliphatic rings. The predicted molar refractivity (Wildman–Crippen MR) is 115 cm³/mol. The van der Waals surface area contributed by atoms with Gasteiger partial charge >= 0.3 is 0 Å². The van der Waals surface area contributed by atoms with Crippen molar-refractivity contribution in [2.45, 2.75) is 63.8 Å². The third-order valence-electron chi connectivity index (χ3n) is 7.43. The number of hydrogen-bond acceptors (Lipinski definition) is 5. The van der Waals surface area contributed by atoms with Gasteiger partial charge in [-0.15, -0.1) is 0 Å². The largest absolute Gasteiger partial charge is 0.463 e. The summed E-state index contributed by atoms with van der Waals surface area (Å²) in [6.45, 7) is 6.74. The van der Waals surface area contributed by atoms with Gasteiger partial charge in [0.2, 0.25) is 0 Å². The first-order valence-electron chi connectivity index (χ1n) is 11.6. The fourth-order valence-corrected chi connectivity index (χ4v) is 5.86. The first-order chi connectivity index (χ1) is 14.3. The van der Waals surface area contributed by atoms with Crippen molar-refractivity contribution in [3.63, 3.8) is 0 Å². The summed E-state index contributed by atoms with van der Waals surface area (Å²) in [5, 5.41) is 3.82. The summed E-state index contributed by atoms with van der Waals surface area (Å²) >= 11 is 0. The van der Waals surface area contributed by atoms with E-state index in [9.17, 15) is 0 Å². The van der Waals surface area contributed by atoms with Crippen LogP contribution in [-0.4, -0.2) is 47.1 Å². The molecule has 29 heavy (non-hydrogen) atoms. The van der Waals surface area contributed by atoms with E-state index in [1.54, 1.807) is 6.26 Å². The number of rotatable bonds is 6. The van der Waals surface area contributed by atoms with Crippen LogP contribution in [0, 0.1) is 18.8 Å². The molecular weight excluding hydrogens is 360 g/mol. The Morgan fingerprint density at radius 1 is 1.14 bits per heavy atom. The van der Waals surface area contributed by atoms with Gasteiger partial charge in [-0.25, -0.2) is 9.97 Å². The van der Waals surface area contributed by atoms with Crippen molar-refractivity contribution in [3.8, 4) is 11.5 Å². The van der Waals surface area contributed by atoms with Crippen LogP contribution in [-0.2, 0) is 0 Å². The van der Waals surface area contributed by atoms with Gasteiger partial charge in [0.15, 0.2) is 5.76 Å². The van der Waals surface area contributed by atoms with Gasteiger partial charge in [-0.3, -0.25) is 4.90 Å². The molecule has 1 N–H and O–H groups in total. The minimum atomic E-state index is 0.522. The maximum atomic E-state index is 5.58. The number of aromatic nitrogens is 2. The second-order valence-electron chi connectivity index (χ2n) is 9.40. The number of nitrogens with zero attached hydrogens (tertiary/aromatic N) is 3. The molecule has 5 heterocycles. The number of aryl methyl sites for hydroxylation is 1. The summed E-state index contributed by atoms with van der Waals surface area (Å²) in [7, 11) is 0. The molecule has 2 bridgehead atoms. The van der Waals surface area contributed by atoms with Gasteiger partial charge in [0, 0.05) is 30.7 Å². The minimum absolute atomic E-state index is 0.522. The monoisotopic (exact) mass is 394 g/mol. The summed E-state index contributed by atoms with van der Waals surface area (Å²) < 4.78 is 5.58. The lowest BCUT2D eigenvalue weighted by atomic mass is 9.74. The van der Waals surface area contributed by atoms with Crippen molar-refractivity contribution in [1.82, 2.24) is 20.2 Å². The molecule has 2 aromatic rings. The van der Waals surface area contributed by atoms with Crippen LogP contribution in [0.4, 0.5) is 0 Å². The summed E-state index contributed by atoms with van der Waals surface area (Å²) in [6.07, 6.45) is 11.5. The molecule has 1 aliphatic carbocycles. The second kappa shape index (κ2) is 8.57. The normalized spacial score (nSPS) is 30.0. The molecular formula is C24H34N4O. The van der Waals surface area contributed by atoms with Crippen molar-refractivity contribution in [3.05, 3.63) is 36.0 Å². The number of furan rings is 1. The maximum Gasteiger partial charge on any atom is 0.152 e. The highest BCUT2D eigenvalue weighted by Crippen LogP contribution is 2.41. The topological polar surface area (TPSA) is 54.2 Å². The summed E-state index contributed by atoms with van der Waals surface area (Å²) in [5.41, 5.74) is 2.12. The lowest BCUT2D eigenvalue weighted by Gasteiger charge is -2.50. The van der Waals surface area contributed by atoms with E-state index in [0.29, 0.717) is 12.0 Å². The van der Waals surface area contributed by atoms with Crippen molar-refractivity contribution < 1.29 is 4.42 Å². The highest BCUT2D eigenvalue weighted by atomic mass is 16.3. The van der Waals surface area contributed by atoms with E-state index in [-0.39, 0.29) is 0 Å². The third kappa shape index (κ3) is 4.26. The van der Waals surface area contributed by atoms with Crippen molar-refractivity contribution in [2.75, 3.05) is 26.2 Å². The second-order valence-corrected chi connectivity index (χ2v) is 9.40. The van der Waals surface area contributed by atoms with Crippen LogP contribution < -0.4 is 5.32 Å². The Kier molecular flexibility index (Phi) is 5.69. The van der Waals surface area contributed by atoms with E-state index in [1.807, 2.05) is 19.1 Å². The Bertz CT molecular complexity index is 799. The molecule has 0 amide bonds. The first-order valence-corrected chi connectivity index (χ1v) is 11.6. The number of piperidine rings is 3. The summed E-state index contributed by atoms with van der Waals surface area (Å²) in [4.78, 5) is 12.2. The fourth-order valence-electron chi connectivity index (χ4n) is 5.86. The van der Waals surface area contributed by atoms with Gasteiger partial charge in [0.25, 0.3) is 0 Å². The first kappa shape index (κ1) is 19.3. The third-order valence-corrected chi connectivity index (χ3v) is 7.43. The number of nitrogens with one attached hydrogen (secondary N) is 1. The van der Waals surface area contributed by atoms with Crippen LogP contribution in [0.15, 0.2) is 28.9 Å². The summed E-state index contributed by atoms with van der Waals surface area (Å²) in [6, 6.07) is 6.76. The molecule has 156 valence electrons. The quantitative estimate of drug-likeness (QED) is 0.787. The zero-order valence-corrected chi connectivity index (χ0v) is 17.6. The van der Waals surface area contributed by atoms with E-state index in [4.69, 9.17) is 9.40 Å². The highest BCUT2D eigenvalue weighted by Gasteiger charge is 2.41. The maximum absolute atomic E-state index is 5.58. The van der Waals surface area contributed by atoms with Crippen LogP contribution in [0.1, 0.15) is 62.4 Å². The minimum Gasteiger partial charge on any atom is -0.463 e. The van der Waals surface area contributed by atoms with E-state index in [0.717, 1.165) is 42.2 Å². The van der Waals surface area contributed by atoms with Gasteiger partial charge in [-0.1, -0.05) is 19.3 Å². The van der Waals surface area contributed by atoms with Gasteiger partial charge in [-0.05, 0) is 75.7 Å². The van der Waals surface area contributed by atoms with Crippen LogP contribution >= 0.6 is 0 Å². The molecule has 3 saturated heterocycles. The van der Waals surface area contributed by atoms with Crippen LogP contribution in [0.5, 0.6) is 0 Å². The van der Waals surface area contributed by atoms with Crippen molar-refractivity contribution in [1.29, 1.82) is 0 Å². The molecule has 0 spiro atoms. The highest BCUT2D eigenvalue weighted by molar-refractivity contribution is 5.52. The molecule has 1 saturated carbocycles. The van der Waals surface area contributed by atoms with Crippen LogP contribution in [0.25, 0.3) is 11.5 Å². The Labute approximate surface area is 174 Å². The lowest BCUT2D eigenvalue weighted by molar-refractivity contribution is 0.0288. The number of fused-ring (bicyclic) bond motifs is 3. The number of hydrogen-bond donors (Lipinski definition) is 1. The van der Waals surface area contributed by atoms with Gasteiger partial charge in [0.05, 0.1) is 6.26 Å². The standard InChI is InChI=1S/C24H34N4O/c1-17-26-22(13-23(27-17)24-8-5-11-29-24)21-16-28-10-9-19(21)12-20(28)15-25-14-18-6-3-2-4-7-18/h5,8,11,13,18-21,25H,2-4,6-7,9-10,12,14-16H2,1H3. The predicted octanol–water partition coefficient (Wildman–Crippen LogP) is 4.39. The Balaban J connectivity index is 1.22. The van der Waals surface area contributed by atoms with Gasteiger partial charge < -0.3 is 9.73 Å². The fraction of sp³-hybridized carbons (Fsp3) is 0.667. The molecule has 5 heteroatoms. The van der Waals surface area contributed by atoms with Gasteiger partial charge in [-0.2, -0.15) is 0 Å². The molecule has 2 aromatic heterocycles. The van der Waals surface area contributed by atoms with E-state index < -0.39 is 0 Å². The molecule has 0 aromatic carbocycles. The smallest absolute Gasteiger partial charge is 0.152 e. The Morgan fingerprint density at radius 2 is 2.03 bits per heavy atom. The van der Waals surface area contributed by atoms with Crippen molar-refractivity contribution >= 4 is 0 Å². The average Bonchev–Trinajstić information content (AvgIpc) is 3.30. The van der Waals surface area contributed by atoms with E-state index in [2.05, 4.69) is 21.3 Å². The zero-order chi connectivity index (χ0) is 19.6. The Hall–Kier alpha value is -1.72.